The van der Waals surface area contributed by atoms with Gasteiger partial charge in [0.05, 0.1) is 14.1 Å². The molecule has 0 aromatic heterocycles. The van der Waals surface area contributed by atoms with Crippen LogP contribution in [0.25, 0.3) is 0 Å². The van der Waals surface area contributed by atoms with Crippen LogP contribution in [0, 0.1) is 0 Å². The Balaban J connectivity index is 2.68. The Kier molecular flexibility index (Phi) is 4.15. The highest BCUT2D eigenvalue weighted by Gasteiger charge is 2.03. The van der Waals surface area contributed by atoms with Crippen LogP contribution in [0.2, 0.25) is 0 Å². The maximum Gasteiger partial charge on any atom is 0.102 e. The van der Waals surface area contributed by atoms with Crippen molar-refractivity contribution in [1.82, 2.24) is 0 Å². The zero-order valence-corrected chi connectivity index (χ0v) is 9.80. The molecule has 1 unspecified atom stereocenters. The van der Waals surface area contributed by atoms with Crippen LogP contribution >= 0.6 is 0 Å². The van der Waals surface area contributed by atoms with Gasteiger partial charge in [0.15, 0.2) is 0 Å². The van der Waals surface area contributed by atoms with Crippen LogP contribution in [-0.4, -0.2) is 14.1 Å². The molecule has 1 aromatic rings. The quantitative estimate of drug-likeness (QED) is 0.742. The molecule has 1 heteroatoms. The van der Waals surface area contributed by atoms with Crippen LogP contribution in [-0.2, 0) is 6.54 Å². The maximum absolute atomic E-state index is 2.28. The van der Waals surface area contributed by atoms with Crippen molar-refractivity contribution in [3.05, 3.63) is 35.4 Å². The fraction of sp³-hybridized carbons (Fsp3) is 0.538. The van der Waals surface area contributed by atoms with Gasteiger partial charge in [-0.2, -0.15) is 0 Å². The van der Waals surface area contributed by atoms with Crippen molar-refractivity contribution in [2.45, 2.75) is 32.7 Å². The molecular formula is C13H22N+. The topological polar surface area (TPSA) is 4.44 Å². The highest BCUT2D eigenvalue weighted by molar-refractivity contribution is 5.24. The van der Waals surface area contributed by atoms with Gasteiger partial charge >= 0.3 is 0 Å². The predicted octanol–water partition coefficient (Wildman–Crippen LogP) is 1.84. The second-order valence-corrected chi connectivity index (χ2v) is 4.43. The summed E-state index contributed by atoms with van der Waals surface area (Å²) < 4.78 is 0. The van der Waals surface area contributed by atoms with E-state index in [1.165, 1.54) is 22.4 Å². The minimum Gasteiger partial charge on any atom is -0.336 e. The van der Waals surface area contributed by atoms with Gasteiger partial charge in [-0.1, -0.05) is 38.1 Å². The summed E-state index contributed by atoms with van der Waals surface area (Å²) in [6.07, 6.45) is 1.22. The first kappa shape index (κ1) is 11.3. The van der Waals surface area contributed by atoms with E-state index >= 15 is 0 Å². The molecule has 14 heavy (non-hydrogen) atoms. The smallest absolute Gasteiger partial charge is 0.102 e. The fourth-order valence-corrected chi connectivity index (χ4v) is 1.61. The molecule has 0 radical (unpaired) electrons. The van der Waals surface area contributed by atoms with E-state index in [2.05, 4.69) is 52.2 Å². The third-order valence-corrected chi connectivity index (χ3v) is 2.72. The van der Waals surface area contributed by atoms with Gasteiger partial charge in [0.2, 0.25) is 0 Å². The van der Waals surface area contributed by atoms with Crippen molar-refractivity contribution < 1.29 is 4.90 Å². The third-order valence-electron chi connectivity index (χ3n) is 2.72. The first-order valence-electron chi connectivity index (χ1n) is 5.51. The molecule has 0 heterocycles. The Bertz CT molecular complexity index is 261. The molecule has 0 spiro atoms. The molecule has 0 fully saturated rings. The monoisotopic (exact) mass is 192 g/mol. The Morgan fingerprint density at radius 1 is 1.14 bits per heavy atom. The molecule has 1 aromatic carbocycles. The number of benzene rings is 1. The van der Waals surface area contributed by atoms with Crippen molar-refractivity contribution in [2.24, 2.45) is 0 Å². The summed E-state index contributed by atoms with van der Waals surface area (Å²) in [4.78, 5) is 1.47. The first-order valence-corrected chi connectivity index (χ1v) is 5.51. The van der Waals surface area contributed by atoms with Crippen LogP contribution < -0.4 is 4.90 Å². The summed E-state index contributed by atoms with van der Waals surface area (Å²) >= 11 is 0. The van der Waals surface area contributed by atoms with Crippen LogP contribution in [0.5, 0.6) is 0 Å². The number of rotatable bonds is 4. The van der Waals surface area contributed by atoms with E-state index in [1.54, 1.807) is 0 Å². The summed E-state index contributed by atoms with van der Waals surface area (Å²) in [7, 11) is 4.37. The second kappa shape index (κ2) is 5.16. The van der Waals surface area contributed by atoms with Gasteiger partial charge in [0, 0.05) is 5.56 Å². The summed E-state index contributed by atoms with van der Waals surface area (Å²) in [5.41, 5.74) is 2.89. The molecule has 1 rings (SSSR count). The Labute approximate surface area is 87.7 Å². The van der Waals surface area contributed by atoms with E-state index in [0.717, 1.165) is 6.54 Å². The van der Waals surface area contributed by atoms with Crippen LogP contribution in [0.4, 0.5) is 0 Å². The van der Waals surface area contributed by atoms with Crippen molar-refractivity contribution in [3.8, 4) is 0 Å². The Morgan fingerprint density at radius 3 is 2.14 bits per heavy atom. The van der Waals surface area contributed by atoms with Gasteiger partial charge in [-0.3, -0.25) is 0 Å². The molecule has 0 amide bonds. The van der Waals surface area contributed by atoms with Crippen LogP contribution in [0.15, 0.2) is 24.3 Å². The van der Waals surface area contributed by atoms with Crippen molar-refractivity contribution >= 4 is 0 Å². The summed E-state index contributed by atoms with van der Waals surface area (Å²) in [5, 5.41) is 0. The predicted molar refractivity (Wildman–Crippen MR) is 61.7 cm³/mol. The Hall–Kier alpha value is -0.820. The minimum atomic E-state index is 0.691. The zero-order valence-electron chi connectivity index (χ0n) is 9.80. The summed E-state index contributed by atoms with van der Waals surface area (Å²) in [6, 6.07) is 9.06. The average Bonchev–Trinajstić information content (AvgIpc) is 2.17. The lowest BCUT2D eigenvalue weighted by molar-refractivity contribution is -0.872. The summed E-state index contributed by atoms with van der Waals surface area (Å²) in [6.45, 7) is 5.63. The van der Waals surface area contributed by atoms with E-state index < -0.39 is 0 Å². The molecule has 0 aliphatic rings. The van der Waals surface area contributed by atoms with E-state index in [9.17, 15) is 0 Å². The SMILES string of the molecule is CCC(C)c1ccc(C[NH+](C)C)cc1. The number of hydrogen-bond acceptors (Lipinski definition) is 0. The molecule has 0 aliphatic carbocycles. The van der Waals surface area contributed by atoms with E-state index in [4.69, 9.17) is 0 Å². The molecule has 0 saturated heterocycles. The van der Waals surface area contributed by atoms with Crippen LogP contribution in [0.3, 0.4) is 0 Å². The van der Waals surface area contributed by atoms with E-state index in [-0.39, 0.29) is 0 Å². The van der Waals surface area contributed by atoms with Crippen molar-refractivity contribution in [2.75, 3.05) is 14.1 Å². The van der Waals surface area contributed by atoms with E-state index in [1.807, 2.05) is 0 Å². The highest BCUT2D eigenvalue weighted by Crippen LogP contribution is 2.18. The van der Waals surface area contributed by atoms with Crippen molar-refractivity contribution in [3.63, 3.8) is 0 Å². The molecule has 1 N–H and O–H groups in total. The average molecular weight is 192 g/mol. The van der Waals surface area contributed by atoms with Gasteiger partial charge in [-0.05, 0) is 17.9 Å². The maximum atomic E-state index is 2.28. The normalized spacial score (nSPS) is 13.2. The highest BCUT2D eigenvalue weighted by atomic mass is 15.0. The third kappa shape index (κ3) is 3.15. The van der Waals surface area contributed by atoms with E-state index in [0.29, 0.717) is 5.92 Å². The molecule has 0 saturated carbocycles. The molecule has 1 atom stereocenters. The van der Waals surface area contributed by atoms with Gasteiger partial charge in [-0.25, -0.2) is 0 Å². The number of nitrogens with one attached hydrogen (secondary N) is 1. The fourth-order valence-electron chi connectivity index (χ4n) is 1.61. The lowest BCUT2D eigenvalue weighted by Gasteiger charge is -2.11. The standard InChI is InChI=1S/C13H21N/c1-5-11(2)13-8-6-12(7-9-13)10-14(3)4/h6-9,11H,5,10H2,1-4H3/p+1. The van der Waals surface area contributed by atoms with Gasteiger partial charge in [-0.15, -0.1) is 0 Å². The molecular weight excluding hydrogens is 170 g/mol. The Morgan fingerprint density at radius 2 is 1.71 bits per heavy atom. The van der Waals surface area contributed by atoms with Crippen LogP contribution in [0.1, 0.15) is 37.3 Å². The number of quaternary nitrogens is 1. The van der Waals surface area contributed by atoms with Gasteiger partial charge in [0.25, 0.3) is 0 Å². The van der Waals surface area contributed by atoms with Gasteiger partial charge < -0.3 is 4.90 Å². The largest absolute Gasteiger partial charge is 0.336 e. The second-order valence-electron chi connectivity index (χ2n) is 4.43. The molecule has 0 bridgehead atoms. The minimum absolute atomic E-state index is 0.691. The molecule has 78 valence electrons. The lowest BCUT2D eigenvalue weighted by Crippen LogP contribution is -3.04. The molecule has 1 nitrogen and oxygen atoms in total. The summed E-state index contributed by atoms with van der Waals surface area (Å²) in [5.74, 6) is 0.691. The molecule has 0 aliphatic heterocycles. The lowest BCUT2D eigenvalue weighted by atomic mass is 9.98. The zero-order chi connectivity index (χ0) is 10.6. The van der Waals surface area contributed by atoms with Gasteiger partial charge in [0.1, 0.15) is 6.54 Å². The van der Waals surface area contributed by atoms with Crippen molar-refractivity contribution in [1.29, 1.82) is 0 Å². The number of hydrogen-bond donors (Lipinski definition) is 1. The first-order chi connectivity index (χ1) is 6.63.